The summed E-state index contributed by atoms with van der Waals surface area (Å²) < 4.78 is 12.7. The second-order valence-corrected chi connectivity index (χ2v) is 8.20. The third-order valence-electron chi connectivity index (χ3n) is 5.52. The summed E-state index contributed by atoms with van der Waals surface area (Å²) in [7, 11) is 3.40. The van der Waals surface area contributed by atoms with E-state index in [2.05, 4.69) is 41.3 Å². The normalized spacial score (nSPS) is 17.6. The van der Waals surface area contributed by atoms with Gasteiger partial charge in [-0.2, -0.15) is 0 Å². The lowest BCUT2D eigenvalue weighted by Crippen LogP contribution is -2.35. The summed E-state index contributed by atoms with van der Waals surface area (Å²) in [5.74, 6) is 1.63. The molecule has 0 amide bonds. The standard InChI is InChI=1S/C23H25NO3S/c1-26-20-15-21(27-2)18(23-13-16-7-3-4-9-22(16)28-23)14-17(20)19-8-5-6-10-24(19)11-12-25/h3-4,7,9,12-15,19H,5-6,8,10-11H2,1-2H3. The van der Waals surface area contributed by atoms with Gasteiger partial charge in [0.1, 0.15) is 17.8 Å². The first-order valence-electron chi connectivity index (χ1n) is 9.67. The molecule has 1 fully saturated rings. The molecular formula is C23H25NO3S. The van der Waals surface area contributed by atoms with E-state index in [0.717, 1.165) is 54.7 Å². The van der Waals surface area contributed by atoms with Crippen LogP contribution in [0.1, 0.15) is 30.9 Å². The quantitative estimate of drug-likeness (QED) is 0.530. The second-order valence-electron chi connectivity index (χ2n) is 7.12. The number of methoxy groups -OCH3 is 2. The van der Waals surface area contributed by atoms with E-state index >= 15 is 0 Å². The fourth-order valence-electron chi connectivity index (χ4n) is 4.15. The van der Waals surface area contributed by atoms with Crippen LogP contribution in [0.4, 0.5) is 0 Å². The van der Waals surface area contributed by atoms with Crippen LogP contribution in [0.5, 0.6) is 11.5 Å². The minimum absolute atomic E-state index is 0.188. The van der Waals surface area contributed by atoms with Crippen molar-refractivity contribution < 1.29 is 14.3 Å². The van der Waals surface area contributed by atoms with Crippen LogP contribution in [0, 0.1) is 0 Å². The third-order valence-corrected chi connectivity index (χ3v) is 6.67. The Balaban J connectivity index is 1.84. The number of hydrogen-bond donors (Lipinski definition) is 0. The summed E-state index contributed by atoms with van der Waals surface area (Å²) in [5, 5.41) is 1.24. The summed E-state index contributed by atoms with van der Waals surface area (Å²) in [4.78, 5) is 14.6. The maximum Gasteiger partial charge on any atom is 0.134 e. The van der Waals surface area contributed by atoms with Crippen LogP contribution in [0.2, 0.25) is 0 Å². The Labute approximate surface area is 169 Å². The lowest BCUT2D eigenvalue weighted by Gasteiger charge is -2.35. The minimum Gasteiger partial charge on any atom is -0.496 e. The molecule has 0 bridgehead atoms. The van der Waals surface area contributed by atoms with Gasteiger partial charge in [-0.05, 0) is 43.0 Å². The highest BCUT2D eigenvalue weighted by Crippen LogP contribution is 2.45. The third kappa shape index (κ3) is 3.52. The highest BCUT2D eigenvalue weighted by molar-refractivity contribution is 7.22. The Bertz CT molecular complexity index is 948. The van der Waals surface area contributed by atoms with Crippen molar-refractivity contribution in [3.63, 3.8) is 0 Å². The molecule has 2 aromatic carbocycles. The molecule has 146 valence electrons. The van der Waals surface area contributed by atoms with Crippen molar-refractivity contribution in [1.82, 2.24) is 4.90 Å². The number of carbonyl (C=O) groups excluding carboxylic acids is 1. The molecule has 1 aliphatic heterocycles. The molecule has 0 aliphatic carbocycles. The van der Waals surface area contributed by atoms with Gasteiger partial charge < -0.3 is 14.3 Å². The second kappa shape index (κ2) is 8.33. The number of carbonyl (C=O) groups is 1. The Morgan fingerprint density at radius 3 is 2.68 bits per heavy atom. The Morgan fingerprint density at radius 2 is 1.93 bits per heavy atom. The van der Waals surface area contributed by atoms with Gasteiger partial charge >= 0.3 is 0 Å². The monoisotopic (exact) mass is 395 g/mol. The fraction of sp³-hybridized carbons (Fsp3) is 0.348. The number of thiophene rings is 1. The molecule has 0 spiro atoms. The van der Waals surface area contributed by atoms with E-state index in [1.807, 2.05) is 6.07 Å². The van der Waals surface area contributed by atoms with Gasteiger partial charge in [-0.25, -0.2) is 0 Å². The first kappa shape index (κ1) is 19.0. The van der Waals surface area contributed by atoms with E-state index in [9.17, 15) is 4.79 Å². The van der Waals surface area contributed by atoms with Gasteiger partial charge in [-0.15, -0.1) is 11.3 Å². The molecule has 4 nitrogen and oxygen atoms in total. The topological polar surface area (TPSA) is 38.8 Å². The van der Waals surface area contributed by atoms with E-state index in [1.165, 1.54) is 15.0 Å². The smallest absolute Gasteiger partial charge is 0.134 e. The van der Waals surface area contributed by atoms with Crippen LogP contribution in [0.15, 0.2) is 42.5 Å². The van der Waals surface area contributed by atoms with Crippen molar-refractivity contribution in [2.24, 2.45) is 0 Å². The zero-order valence-corrected chi connectivity index (χ0v) is 17.1. The van der Waals surface area contributed by atoms with Gasteiger partial charge in [-0.1, -0.05) is 24.6 Å². The number of piperidine rings is 1. The predicted octanol–water partition coefficient (Wildman–Crippen LogP) is 5.31. The highest BCUT2D eigenvalue weighted by Gasteiger charge is 2.28. The first-order chi connectivity index (χ1) is 13.7. The van der Waals surface area contributed by atoms with Crippen molar-refractivity contribution in [3.8, 4) is 21.9 Å². The van der Waals surface area contributed by atoms with Crippen molar-refractivity contribution in [3.05, 3.63) is 48.0 Å². The van der Waals surface area contributed by atoms with Gasteiger partial charge in [0.2, 0.25) is 0 Å². The van der Waals surface area contributed by atoms with Gasteiger partial charge in [0, 0.05) is 32.8 Å². The molecular weight excluding hydrogens is 370 g/mol. The van der Waals surface area contributed by atoms with E-state index in [4.69, 9.17) is 9.47 Å². The SMILES string of the molecule is COc1cc(OC)c(C2CCCCN2CC=O)cc1-c1cc2ccccc2s1. The van der Waals surface area contributed by atoms with Crippen molar-refractivity contribution in [2.75, 3.05) is 27.3 Å². The maximum atomic E-state index is 11.2. The van der Waals surface area contributed by atoms with Crippen LogP contribution < -0.4 is 9.47 Å². The lowest BCUT2D eigenvalue weighted by atomic mass is 9.92. The molecule has 1 atom stereocenters. The molecule has 1 saturated heterocycles. The van der Waals surface area contributed by atoms with Gasteiger partial charge in [-0.3, -0.25) is 4.90 Å². The summed E-state index contributed by atoms with van der Waals surface area (Å²) in [6.45, 7) is 1.40. The molecule has 1 aliphatic rings. The Kier molecular flexibility index (Phi) is 5.64. The number of nitrogens with zero attached hydrogens (tertiary/aromatic N) is 1. The zero-order valence-electron chi connectivity index (χ0n) is 16.3. The highest BCUT2D eigenvalue weighted by atomic mass is 32.1. The van der Waals surface area contributed by atoms with Gasteiger partial charge in [0.25, 0.3) is 0 Å². The van der Waals surface area contributed by atoms with Crippen molar-refractivity contribution in [1.29, 1.82) is 0 Å². The van der Waals surface area contributed by atoms with E-state index in [-0.39, 0.29) is 6.04 Å². The predicted molar refractivity (Wildman–Crippen MR) is 115 cm³/mol. The molecule has 1 aromatic heterocycles. The first-order valence-corrected chi connectivity index (χ1v) is 10.5. The van der Waals surface area contributed by atoms with Crippen LogP contribution in [0.25, 0.3) is 20.5 Å². The number of likely N-dealkylation sites (tertiary alicyclic amines) is 1. The summed E-state index contributed by atoms with van der Waals surface area (Å²) in [6.07, 6.45) is 4.32. The van der Waals surface area contributed by atoms with Crippen LogP contribution in [0.3, 0.4) is 0 Å². The molecule has 1 unspecified atom stereocenters. The fourth-order valence-corrected chi connectivity index (χ4v) is 5.23. The lowest BCUT2D eigenvalue weighted by molar-refractivity contribution is -0.109. The largest absolute Gasteiger partial charge is 0.496 e. The van der Waals surface area contributed by atoms with E-state index in [0.29, 0.717) is 6.54 Å². The molecule has 28 heavy (non-hydrogen) atoms. The minimum atomic E-state index is 0.188. The average Bonchev–Trinajstić information content (AvgIpc) is 3.17. The number of fused-ring (bicyclic) bond motifs is 1. The number of aldehydes is 1. The molecule has 0 N–H and O–H groups in total. The number of hydrogen-bond acceptors (Lipinski definition) is 5. The molecule has 5 heteroatoms. The molecule has 2 heterocycles. The molecule has 0 saturated carbocycles. The van der Waals surface area contributed by atoms with Crippen LogP contribution in [-0.4, -0.2) is 38.5 Å². The summed E-state index contributed by atoms with van der Waals surface area (Å²) in [6, 6.07) is 15.0. The summed E-state index contributed by atoms with van der Waals surface area (Å²) >= 11 is 1.77. The number of benzene rings is 2. The zero-order chi connectivity index (χ0) is 19.5. The van der Waals surface area contributed by atoms with Gasteiger partial charge in [0.15, 0.2) is 0 Å². The Hall–Kier alpha value is -2.37. The van der Waals surface area contributed by atoms with Crippen LogP contribution in [-0.2, 0) is 4.79 Å². The molecule has 0 radical (unpaired) electrons. The van der Waals surface area contributed by atoms with E-state index in [1.54, 1.807) is 25.6 Å². The molecule has 4 rings (SSSR count). The van der Waals surface area contributed by atoms with E-state index < -0.39 is 0 Å². The average molecular weight is 396 g/mol. The van der Waals surface area contributed by atoms with Crippen molar-refractivity contribution >= 4 is 27.7 Å². The van der Waals surface area contributed by atoms with Crippen LogP contribution >= 0.6 is 11.3 Å². The number of ether oxygens (including phenoxy) is 2. The molecule has 3 aromatic rings. The van der Waals surface area contributed by atoms with Gasteiger partial charge in [0.05, 0.1) is 20.8 Å². The van der Waals surface area contributed by atoms with Crippen molar-refractivity contribution in [2.45, 2.75) is 25.3 Å². The summed E-state index contributed by atoms with van der Waals surface area (Å²) in [5.41, 5.74) is 2.22. The Morgan fingerprint density at radius 1 is 1.11 bits per heavy atom. The maximum absolute atomic E-state index is 11.2. The number of rotatable bonds is 6.